The van der Waals surface area contributed by atoms with Gasteiger partial charge in [-0.1, -0.05) is 0 Å². The van der Waals surface area contributed by atoms with Crippen molar-refractivity contribution in [1.29, 1.82) is 0 Å². The summed E-state index contributed by atoms with van der Waals surface area (Å²) in [6, 6.07) is -0.121. The summed E-state index contributed by atoms with van der Waals surface area (Å²) in [5.41, 5.74) is 0.654. The van der Waals surface area contributed by atoms with E-state index >= 15 is 0 Å². The maximum Gasteiger partial charge on any atom is 0.410 e. The van der Waals surface area contributed by atoms with E-state index in [0.717, 1.165) is 12.8 Å². The molecule has 3 heterocycles. The molecule has 1 fully saturated rings. The van der Waals surface area contributed by atoms with Crippen LogP contribution >= 0.6 is 15.9 Å². The summed E-state index contributed by atoms with van der Waals surface area (Å²) < 4.78 is 6.12. The lowest BCUT2D eigenvalue weighted by Crippen LogP contribution is -2.36. The van der Waals surface area contributed by atoms with Crippen LogP contribution in [0.4, 0.5) is 4.79 Å². The highest BCUT2D eigenvalue weighted by molar-refractivity contribution is 9.10. The molecule has 1 aliphatic rings. The van der Waals surface area contributed by atoms with E-state index in [1.165, 1.54) is 0 Å². The van der Waals surface area contributed by atoms with Crippen LogP contribution in [0.5, 0.6) is 0 Å². The van der Waals surface area contributed by atoms with E-state index in [1.54, 1.807) is 11.1 Å². The van der Waals surface area contributed by atoms with Crippen LogP contribution in [0, 0.1) is 0 Å². The molecule has 2 aromatic heterocycles. The summed E-state index contributed by atoms with van der Waals surface area (Å²) in [6.07, 6.45) is 3.07. The molecule has 8 heteroatoms. The van der Waals surface area contributed by atoms with Crippen LogP contribution in [0.2, 0.25) is 0 Å². The highest BCUT2D eigenvalue weighted by Gasteiger charge is 2.35. The minimum absolute atomic E-state index is 0.121. The topological polar surface area (TPSA) is 84.0 Å². The monoisotopic (exact) mass is 367 g/mol. The molecule has 2 aromatic rings. The number of aromatic nitrogens is 4. The molecular weight excluding hydrogens is 350 g/mol. The van der Waals surface area contributed by atoms with Crippen LogP contribution in [0.25, 0.3) is 11.3 Å². The quantitative estimate of drug-likeness (QED) is 0.836. The van der Waals surface area contributed by atoms with Crippen molar-refractivity contribution < 1.29 is 9.53 Å². The number of likely N-dealkylation sites (tertiary alicyclic amines) is 1. The second kappa shape index (κ2) is 5.49. The molecule has 3 rings (SSSR count). The first kappa shape index (κ1) is 15.2. The van der Waals surface area contributed by atoms with Gasteiger partial charge in [0, 0.05) is 6.54 Å². The van der Waals surface area contributed by atoms with Gasteiger partial charge in [0.2, 0.25) is 0 Å². The zero-order valence-corrected chi connectivity index (χ0v) is 14.3. The Kier molecular flexibility index (Phi) is 3.80. The number of H-pyrrole nitrogens is 1. The average Bonchev–Trinajstić information content (AvgIpc) is 3.01. The van der Waals surface area contributed by atoms with Crippen LogP contribution < -0.4 is 0 Å². The van der Waals surface area contributed by atoms with Gasteiger partial charge in [-0.05, 0) is 49.5 Å². The van der Waals surface area contributed by atoms with Crippen LogP contribution in [-0.2, 0) is 4.74 Å². The molecule has 0 saturated carbocycles. The van der Waals surface area contributed by atoms with Crippen molar-refractivity contribution in [2.75, 3.05) is 6.54 Å². The van der Waals surface area contributed by atoms with Gasteiger partial charge in [0.05, 0.1) is 12.2 Å². The van der Waals surface area contributed by atoms with Gasteiger partial charge in [0.25, 0.3) is 0 Å². The van der Waals surface area contributed by atoms with Gasteiger partial charge in [0.1, 0.15) is 16.0 Å². The first-order chi connectivity index (χ1) is 10.3. The molecule has 1 saturated heterocycles. The van der Waals surface area contributed by atoms with E-state index in [-0.39, 0.29) is 12.1 Å². The predicted molar refractivity (Wildman–Crippen MR) is 84.3 cm³/mol. The summed E-state index contributed by atoms with van der Waals surface area (Å²) in [7, 11) is 0. The molecule has 0 bridgehead atoms. The van der Waals surface area contributed by atoms with Gasteiger partial charge < -0.3 is 9.72 Å². The average molecular weight is 368 g/mol. The Morgan fingerprint density at radius 2 is 2.23 bits per heavy atom. The van der Waals surface area contributed by atoms with Crippen molar-refractivity contribution in [3.05, 3.63) is 16.6 Å². The van der Waals surface area contributed by atoms with Crippen LogP contribution in [0.3, 0.4) is 0 Å². The molecule has 1 amide bonds. The van der Waals surface area contributed by atoms with Crippen molar-refractivity contribution in [2.24, 2.45) is 0 Å². The number of nitrogens with zero attached hydrogens (tertiary/aromatic N) is 4. The Labute approximate surface area is 136 Å². The molecule has 1 unspecified atom stereocenters. The maximum absolute atomic E-state index is 12.3. The molecular formula is C14H18BrN5O2. The van der Waals surface area contributed by atoms with Crippen molar-refractivity contribution in [3.8, 4) is 0 Å². The lowest BCUT2D eigenvalue weighted by molar-refractivity contribution is 0.0219. The number of hydrogen-bond donors (Lipinski definition) is 1. The lowest BCUT2D eigenvalue weighted by Gasteiger charge is -2.27. The fourth-order valence-electron chi connectivity index (χ4n) is 2.54. The number of rotatable bonds is 1. The van der Waals surface area contributed by atoms with Gasteiger partial charge in [-0.2, -0.15) is 0 Å². The number of hydrogen-bond acceptors (Lipinski definition) is 5. The highest BCUT2D eigenvalue weighted by atomic mass is 79.9. The number of carbonyl (C=O) groups excluding carboxylic acids is 1. The van der Waals surface area contributed by atoms with Gasteiger partial charge in [-0.25, -0.2) is 19.7 Å². The Hall–Kier alpha value is -1.70. The number of amides is 1. The molecule has 1 atom stereocenters. The maximum atomic E-state index is 12.3. The smallest absolute Gasteiger partial charge is 0.410 e. The number of carbonyl (C=O) groups is 1. The third kappa shape index (κ3) is 3.06. The molecule has 0 radical (unpaired) electrons. The van der Waals surface area contributed by atoms with E-state index in [9.17, 15) is 4.79 Å². The van der Waals surface area contributed by atoms with Crippen molar-refractivity contribution in [1.82, 2.24) is 24.8 Å². The summed E-state index contributed by atoms with van der Waals surface area (Å²) >= 11 is 3.29. The lowest BCUT2D eigenvalue weighted by atomic mass is 10.2. The Morgan fingerprint density at radius 3 is 2.95 bits per heavy atom. The SMILES string of the molecule is CC(C)(C)OC(=O)N1CCCC1c1nc2ncc(Br)nc2[nH]1. The fourth-order valence-corrected chi connectivity index (χ4v) is 2.82. The molecule has 0 aliphatic carbocycles. The number of halogens is 1. The van der Waals surface area contributed by atoms with Gasteiger partial charge in [-0.15, -0.1) is 0 Å². The molecule has 1 N–H and O–H groups in total. The molecule has 22 heavy (non-hydrogen) atoms. The van der Waals surface area contributed by atoms with Crippen molar-refractivity contribution >= 4 is 33.3 Å². The first-order valence-electron chi connectivity index (χ1n) is 7.21. The Bertz CT molecular complexity index is 709. The summed E-state index contributed by atoms with van der Waals surface area (Å²) in [5.74, 6) is 0.705. The number of imidazole rings is 1. The van der Waals surface area contributed by atoms with E-state index in [4.69, 9.17) is 4.74 Å². The van der Waals surface area contributed by atoms with Crippen LogP contribution in [0.1, 0.15) is 45.5 Å². The van der Waals surface area contributed by atoms with Crippen molar-refractivity contribution in [3.63, 3.8) is 0 Å². The molecule has 0 aromatic carbocycles. The normalized spacial score (nSPS) is 18.9. The zero-order chi connectivity index (χ0) is 15.9. The summed E-state index contributed by atoms with van der Waals surface area (Å²) in [5, 5.41) is 0. The third-order valence-corrected chi connectivity index (χ3v) is 3.78. The minimum atomic E-state index is -0.508. The molecule has 0 spiro atoms. The van der Waals surface area contributed by atoms with E-state index in [1.807, 2.05) is 20.8 Å². The van der Waals surface area contributed by atoms with E-state index < -0.39 is 5.60 Å². The third-order valence-electron chi connectivity index (χ3n) is 3.39. The van der Waals surface area contributed by atoms with Crippen LogP contribution in [0.15, 0.2) is 10.8 Å². The second-order valence-corrected chi connectivity index (χ2v) is 7.13. The van der Waals surface area contributed by atoms with E-state index in [0.29, 0.717) is 28.3 Å². The number of ether oxygens (including phenoxy) is 1. The van der Waals surface area contributed by atoms with Gasteiger partial charge in [-0.3, -0.25) is 4.90 Å². The molecule has 1 aliphatic heterocycles. The zero-order valence-electron chi connectivity index (χ0n) is 12.8. The number of aromatic amines is 1. The first-order valence-corrected chi connectivity index (χ1v) is 8.00. The standard InChI is InChI=1S/C14H18BrN5O2/c1-14(2,3)22-13(21)20-6-4-5-8(20)10-18-11-12(19-10)17-9(15)7-16-11/h7-8H,4-6H2,1-3H3,(H,16,17,18,19). The van der Waals surface area contributed by atoms with Gasteiger partial charge in [0.15, 0.2) is 11.3 Å². The fraction of sp³-hybridized carbons (Fsp3) is 0.571. The van der Waals surface area contributed by atoms with E-state index in [2.05, 4.69) is 35.9 Å². The number of nitrogens with one attached hydrogen (secondary N) is 1. The Morgan fingerprint density at radius 1 is 1.45 bits per heavy atom. The largest absolute Gasteiger partial charge is 0.444 e. The minimum Gasteiger partial charge on any atom is -0.444 e. The number of fused-ring (bicyclic) bond motifs is 1. The summed E-state index contributed by atoms with van der Waals surface area (Å²) in [6.45, 7) is 6.26. The predicted octanol–water partition coefficient (Wildman–Crippen LogP) is 3.19. The molecule has 7 nitrogen and oxygen atoms in total. The second-order valence-electron chi connectivity index (χ2n) is 6.32. The molecule has 118 valence electrons. The van der Waals surface area contributed by atoms with Crippen molar-refractivity contribution in [2.45, 2.75) is 45.3 Å². The van der Waals surface area contributed by atoms with Gasteiger partial charge >= 0.3 is 6.09 Å². The van der Waals surface area contributed by atoms with Crippen LogP contribution in [-0.4, -0.2) is 43.1 Å². The Balaban J connectivity index is 1.86. The highest BCUT2D eigenvalue weighted by Crippen LogP contribution is 2.32. The summed E-state index contributed by atoms with van der Waals surface area (Å²) in [4.78, 5) is 30.2.